The van der Waals surface area contributed by atoms with Crippen LogP contribution in [-0.2, 0) is 4.74 Å². The van der Waals surface area contributed by atoms with E-state index in [2.05, 4.69) is 0 Å². The minimum absolute atomic E-state index is 0.392. The van der Waals surface area contributed by atoms with Crippen molar-refractivity contribution in [2.75, 3.05) is 7.11 Å². The molecule has 0 aromatic heterocycles. The van der Waals surface area contributed by atoms with E-state index in [1.165, 1.54) is 38.5 Å². The Balaban J connectivity index is 1.93. The second kappa shape index (κ2) is 4.84. The van der Waals surface area contributed by atoms with Gasteiger partial charge in [0, 0.05) is 19.4 Å². The summed E-state index contributed by atoms with van der Waals surface area (Å²) in [4.78, 5) is 0. The van der Waals surface area contributed by atoms with Gasteiger partial charge in [-0.1, -0.05) is 38.5 Å². The molecule has 2 fully saturated rings. The van der Waals surface area contributed by atoms with Gasteiger partial charge in [-0.15, -0.1) is 0 Å². The predicted molar refractivity (Wildman–Crippen MR) is 60.5 cm³/mol. The third-order valence-corrected chi connectivity index (χ3v) is 4.40. The number of hydrogen-bond donors (Lipinski definition) is 1. The molecule has 0 saturated heterocycles. The molecule has 1 unspecified atom stereocenters. The smallest absolute Gasteiger partial charge is 0.168 e. The molecule has 0 aliphatic heterocycles. The lowest BCUT2D eigenvalue weighted by atomic mass is 9.87. The Hall–Kier alpha value is -0.0800. The zero-order valence-electron chi connectivity index (χ0n) is 9.87. The zero-order chi connectivity index (χ0) is 10.7. The second-order valence-electron chi connectivity index (χ2n) is 5.38. The number of methoxy groups -OCH3 is 1. The van der Waals surface area contributed by atoms with E-state index in [9.17, 15) is 5.11 Å². The first kappa shape index (κ1) is 11.4. The summed E-state index contributed by atoms with van der Waals surface area (Å²) < 4.78 is 5.44. The highest BCUT2D eigenvalue weighted by atomic mass is 16.6. The number of rotatable bonds is 4. The van der Waals surface area contributed by atoms with Gasteiger partial charge in [0.25, 0.3) is 0 Å². The van der Waals surface area contributed by atoms with Gasteiger partial charge in [-0.2, -0.15) is 0 Å². The van der Waals surface area contributed by atoms with Crippen molar-refractivity contribution in [3.8, 4) is 0 Å². The molecular weight excluding hydrogens is 188 g/mol. The van der Waals surface area contributed by atoms with Crippen LogP contribution in [0.3, 0.4) is 0 Å². The molecule has 2 rings (SSSR count). The van der Waals surface area contributed by atoms with Gasteiger partial charge in [0.15, 0.2) is 5.79 Å². The average Bonchev–Trinajstić information content (AvgIpc) is 2.89. The van der Waals surface area contributed by atoms with Crippen molar-refractivity contribution in [1.29, 1.82) is 0 Å². The quantitative estimate of drug-likeness (QED) is 0.726. The summed E-state index contributed by atoms with van der Waals surface area (Å²) in [7, 11) is 1.67. The monoisotopic (exact) mass is 212 g/mol. The van der Waals surface area contributed by atoms with Gasteiger partial charge in [-0.3, -0.25) is 0 Å². The predicted octanol–water partition coefficient (Wildman–Crippen LogP) is 3.09. The van der Waals surface area contributed by atoms with Crippen LogP contribution in [0.4, 0.5) is 0 Å². The molecule has 2 aliphatic rings. The molecule has 0 bridgehead atoms. The first-order chi connectivity index (χ1) is 7.24. The first-order valence-corrected chi connectivity index (χ1v) is 6.52. The van der Waals surface area contributed by atoms with E-state index in [0.717, 1.165) is 19.3 Å². The minimum atomic E-state index is -0.814. The van der Waals surface area contributed by atoms with Crippen LogP contribution in [0.1, 0.15) is 57.8 Å². The topological polar surface area (TPSA) is 29.5 Å². The third-order valence-electron chi connectivity index (χ3n) is 4.40. The van der Waals surface area contributed by atoms with Crippen LogP contribution in [0.25, 0.3) is 0 Å². The summed E-state index contributed by atoms with van der Waals surface area (Å²) in [6.45, 7) is 0. The Labute approximate surface area is 93.0 Å². The second-order valence-corrected chi connectivity index (χ2v) is 5.38. The van der Waals surface area contributed by atoms with Gasteiger partial charge >= 0.3 is 0 Å². The highest BCUT2D eigenvalue weighted by molar-refractivity contribution is 4.85. The average molecular weight is 212 g/mol. The Morgan fingerprint density at radius 1 is 1.07 bits per heavy atom. The summed E-state index contributed by atoms with van der Waals surface area (Å²) >= 11 is 0. The molecule has 2 heteroatoms. The molecule has 88 valence electrons. The van der Waals surface area contributed by atoms with E-state index in [0.29, 0.717) is 11.8 Å². The van der Waals surface area contributed by atoms with E-state index >= 15 is 0 Å². The van der Waals surface area contributed by atoms with Crippen molar-refractivity contribution in [1.82, 2.24) is 0 Å². The molecule has 0 aromatic carbocycles. The molecule has 15 heavy (non-hydrogen) atoms. The highest BCUT2D eigenvalue weighted by Crippen LogP contribution is 2.41. The van der Waals surface area contributed by atoms with Gasteiger partial charge in [0.2, 0.25) is 0 Å². The van der Waals surface area contributed by atoms with E-state index in [1.54, 1.807) is 7.11 Å². The Kier molecular flexibility index (Phi) is 3.68. The van der Waals surface area contributed by atoms with Crippen LogP contribution in [-0.4, -0.2) is 18.0 Å². The summed E-state index contributed by atoms with van der Waals surface area (Å²) in [5.74, 6) is 0.282. The highest BCUT2D eigenvalue weighted by Gasteiger charge is 2.40. The Bertz CT molecular complexity index is 193. The van der Waals surface area contributed by atoms with Crippen molar-refractivity contribution >= 4 is 0 Å². The maximum absolute atomic E-state index is 10.6. The lowest BCUT2D eigenvalue weighted by Gasteiger charge is -2.34. The molecule has 2 saturated carbocycles. The molecule has 0 spiro atoms. The summed E-state index contributed by atoms with van der Waals surface area (Å²) in [6, 6.07) is 0. The molecule has 2 aliphatic carbocycles. The fourth-order valence-electron chi connectivity index (χ4n) is 3.42. The summed E-state index contributed by atoms with van der Waals surface area (Å²) in [5, 5.41) is 10.6. The molecule has 0 heterocycles. The molecular formula is C13H24O2. The maximum Gasteiger partial charge on any atom is 0.168 e. The van der Waals surface area contributed by atoms with Gasteiger partial charge in [0.1, 0.15) is 0 Å². The fourth-order valence-corrected chi connectivity index (χ4v) is 3.42. The number of hydrogen-bond acceptors (Lipinski definition) is 2. The van der Waals surface area contributed by atoms with Crippen LogP contribution in [0.15, 0.2) is 0 Å². The van der Waals surface area contributed by atoms with Crippen LogP contribution in [0.5, 0.6) is 0 Å². The van der Waals surface area contributed by atoms with Crippen LogP contribution in [0.2, 0.25) is 0 Å². The van der Waals surface area contributed by atoms with Crippen molar-refractivity contribution < 1.29 is 9.84 Å². The number of aliphatic hydroxyl groups is 1. The maximum atomic E-state index is 10.6. The van der Waals surface area contributed by atoms with Crippen molar-refractivity contribution in [3.05, 3.63) is 0 Å². The van der Waals surface area contributed by atoms with Gasteiger partial charge in [-0.25, -0.2) is 0 Å². The van der Waals surface area contributed by atoms with E-state index in [1.807, 2.05) is 0 Å². The molecule has 0 radical (unpaired) electrons. The van der Waals surface area contributed by atoms with Crippen LogP contribution in [0, 0.1) is 11.8 Å². The molecule has 0 aromatic rings. The molecule has 1 atom stereocenters. The van der Waals surface area contributed by atoms with Gasteiger partial charge in [0.05, 0.1) is 0 Å². The van der Waals surface area contributed by atoms with Crippen molar-refractivity contribution in [2.24, 2.45) is 11.8 Å². The van der Waals surface area contributed by atoms with Gasteiger partial charge < -0.3 is 9.84 Å². The lowest BCUT2D eigenvalue weighted by molar-refractivity contribution is -0.230. The van der Waals surface area contributed by atoms with E-state index < -0.39 is 5.79 Å². The first-order valence-electron chi connectivity index (χ1n) is 6.52. The van der Waals surface area contributed by atoms with Crippen LogP contribution >= 0.6 is 0 Å². The van der Waals surface area contributed by atoms with Crippen LogP contribution < -0.4 is 0 Å². The Morgan fingerprint density at radius 3 is 2.13 bits per heavy atom. The van der Waals surface area contributed by atoms with Crippen molar-refractivity contribution in [3.63, 3.8) is 0 Å². The standard InChI is InChI=1S/C13H24O2/c1-15-13(14,12-8-4-5-9-12)10-11-6-2-3-7-11/h11-12,14H,2-10H2,1H3. The van der Waals surface area contributed by atoms with E-state index in [-0.39, 0.29) is 0 Å². The SMILES string of the molecule is COC(O)(CC1CCCC1)C1CCCC1. The third kappa shape index (κ3) is 2.54. The zero-order valence-corrected chi connectivity index (χ0v) is 9.87. The minimum Gasteiger partial charge on any atom is -0.365 e. The Morgan fingerprint density at radius 2 is 1.60 bits per heavy atom. The molecule has 1 N–H and O–H groups in total. The van der Waals surface area contributed by atoms with Gasteiger partial charge in [-0.05, 0) is 18.8 Å². The summed E-state index contributed by atoms with van der Waals surface area (Å²) in [6.07, 6.45) is 11.0. The lowest BCUT2D eigenvalue weighted by Crippen LogP contribution is -2.40. The van der Waals surface area contributed by atoms with E-state index in [4.69, 9.17) is 4.74 Å². The molecule has 2 nitrogen and oxygen atoms in total. The normalized spacial score (nSPS) is 28.4. The van der Waals surface area contributed by atoms with Crippen molar-refractivity contribution in [2.45, 2.75) is 63.6 Å². The number of ether oxygens (including phenoxy) is 1. The fraction of sp³-hybridized carbons (Fsp3) is 1.00. The largest absolute Gasteiger partial charge is 0.365 e. The summed E-state index contributed by atoms with van der Waals surface area (Å²) in [5.41, 5.74) is 0. The molecule has 0 amide bonds.